The van der Waals surface area contributed by atoms with Gasteiger partial charge in [-0.2, -0.15) is 0 Å². The van der Waals surface area contributed by atoms with Crippen molar-refractivity contribution >= 4 is 11.7 Å². The molecule has 0 fully saturated rings. The Morgan fingerprint density at radius 1 is 1.05 bits per heavy atom. The summed E-state index contributed by atoms with van der Waals surface area (Å²) in [7, 11) is 0. The molecule has 0 radical (unpaired) electrons. The number of carboxylic acids is 1. The highest BCUT2D eigenvalue weighted by Crippen LogP contribution is 2.22. The van der Waals surface area contributed by atoms with Gasteiger partial charge in [-0.25, -0.2) is 4.79 Å². The lowest BCUT2D eigenvalue weighted by Crippen LogP contribution is -2.07. The number of rotatable bonds is 9. The van der Waals surface area contributed by atoms with Crippen molar-refractivity contribution in [3.63, 3.8) is 0 Å². The van der Waals surface area contributed by atoms with Crippen molar-refractivity contribution < 1.29 is 9.90 Å². The number of hydrogen-bond donors (Lipinski definition) is 2. The van der Waals surface area contributed by atoms with E-state index in [4.69, 9.17) is 5.11 Å². The van der Waals surface area contributed by atoms with Crippen LogP contribution in [-0.4, -0.2) is 17.6 Å². The van der Waals surface area contributed by atoms with Gasteiger partial charge in [0.05, 0.1) is 5.56 Å². The van der Waals surface area contributed by atoms with Crippen LogP contribution in [0.1, 0.15) is 66.9 Å². The minimum absolute atomic E-state index is 0.396. The molecular formula is C17H27NO2. The van der Waals surface area contributed by atoms with Crippen LogP contribution in [0.25, 0.3) is 0 Å². The summed E-state index contributed by atoms with van der Waals surface area (Å²) in [4.78, 5) is 11.1. The highest BCUT2D eigenvalue weighted by Gasteiger charge is 2.11. The first kappa shape index (κ1) is 16.5. The summed E-state index contributed by atoms with van der Waals surface area (Å²) in [5.74, 6) is -0.854. The van der Waals surface area contributed by atoms with E-state index in [1.807, 2.05) is 19.9 Å². The lowest BCUT2D eigenvalue weighted by Gasteiger charge is -2.13. The van der Waals surface area contributed by atoms with Crippen LogP contribution < -0.4 is 5.32 Å². The van der Waals surface area contributed by atoms with Crippen molar-refractivity contribution in [1.82, 2.24) is 0 Å². The number of unbranched alkanes of at least 4 members (excludes halogenated alkanes) is 5. The summed E-state index contributed by atoms with van der Waals surface area (Å²) >= 11 is 0. The second-order valence-corrected chi connectivity index (χ2v) is 5.41. The molecule has 112 valence electrons. The van der Waals surface area contributed by atoms with E-state index >= 15 is 0 Å². The summed E-state index contributed by atoms with van der Waals surface area (Å²) in [6, 6.07) is 3.57. The summed E-state index contributed by atoms with van der Waals surface area (Å²) in [6.45, 7) is 7.03. The maximum atomic E-state index is 11.1. The Hall–Kier alpha value is -1.51. The lowest BCUT2D eigenvalue weighted by molar-refractivity contribution is 0.0696. The second-order valence-electron chi connectivity index (χ2n) is 5.41. The van der Waals surface area contributed by atoms with Gasteiger partial charge in [0.15, 0.2) is 0 Å². The molecule has 0 aliphatic rings. The van der Waals surface area contributed by atoms with E-state index in [2.05, 4.69) is 12.2 Å². The molecule has 0 saturated heterocycles. The van der Waals surface area contributed by atoms with E-state index in [1.165, 1.54) is 38.5 Å². The highest BCUT2D eigenvalue weighted by atomic mass is 16.4. The Bertz CT molecular complexity index is 441. The van der Waals surface area contributed by atoms with Crippen molar-refractivity contribution in [3.05, 3.63) is 28.8 Å². The lowest BCUT2D eigenvalue weighted by atomic mass is 10.0. The SMILES string of the molecule is CCCCCCCCNc1ccc(C(=O)O)c(C)c1C. The smallest absolute Gasteiger partial charge is 0.335 e. The zero-order chi connectivity index (χ0) is 15.0. The third-order valence-electron chi connectivity index (χ3n) is 3.86. The van der Waals surface area contributed by atoms with Gasteiger partial charge in [0.1, 0.15) is 0 Å². The fourth-order valence-electron chi connectivity index (χ4n) is 2.37. The van der Waals surface area contributed by atoms with Crippen molar-refractivity contribution in [3.8, 4) is 0 Å². The molecule has 0 atom stereocenters. The van der Waals surface area contributed by atoms with E-state index in [-0.39, 0.29) is 0 Å². The Balaban J connectivity index is 2.41. The van der Waals surface area contributed by atoms with Gasteiger partial charge in [-0.05, 0) is 43.5 Å². The zero-order valence-corrected chi connectivity index (χ0v) is 13.0. The predicted molar refractivity (Wildman–Crippen MR) is 84.7 cm³/mol. The molecule has 0 aliphatic carbocycles. The number of hydrogen-bond acceptors (Lipinski definition) is 2. The van der Waals surface area contributed by atoms with Crippen LogP contribution in [0, 0.1) is 13.8 Å². The predicted octanol–water partition coefficient (Wildman–Crippen LogP) is 4.77. The molecule has 1 rings (SSSR count). The van der Waals surface area contributed by atoms with Crippen LogP contribution in [-0.2, 0) is 0 Å². The Kier molecular flexibility index (Phi) is 7.13. The van der Waals surface area contributed by atoms with Crippen LogP contribution in [0.4, 0.5) is 5.69 Å². The van der Waals surface area contributed by atoms with Crippen molar-refractivity contribution in [1.29, 1.82) is 0 Å². The van der Waals surface area contributed by atoms with Crippen molar-refractivity contribution in [2.75, 3.05) is 11.9 Å². The highest BCUT2D eigenvalue weighted by molar-refractivity contribution is 5.90. The molecule has 3 heteroatoms. The molecule has 1 aromatic rings. The Morgan fingerprint density at radius 3 is 2.35 bits per heavy atom. The summed E-state index contributed by atoms with van der Waals surface area (Å²) in [6.07, 6.45) is 7.70. The van der Waals surface area contributed by atoms with Gasteiger partial charge in [-0.3, -0.25) is 0 Å². The first-order valence-electron chi connectivity index (χ1n) is 7.65. The molecule has 0 amide bonds. The Morgan fingerprint density at radius 2 is 1.70 bits per heavy atom. The fourth-order valence-corrected chi connectivity index (χ4v) is 2.37. The maximum absolute atomic E-state index is 11.1. The largest absolute Gasteiger partial charge is 0.478 e. The van der Waals surface area contributed by atoms with Crippen LogP contribution >= 0.6 is 0 Å². The molecular weight excluding hydrogens is 250 g/mol. The third kappa shape index (κ3) is 4.87. The van der Waals surface area contributed by atoms with E-state index < -0.39 is 5.97 Å². The molecule has 0 aromatic heterocycles. The number of benzene rings is 1. The van der Waals surface area contributed by atoms with Crippen molar-refractivity contribution in [2.24, 2.45) is 0 Å². The molecule has 1 aromatic carbocycles. The van der Waals surface area contributed by atoms with Gasteiger partial charge in [0.25, 0.3) is 0 Å². The average Bonchev–Trinajstić information content (AvgIpc) is 2.42. The van der Waals surface area contributed by atoms with E-state index in [0.29, 0.717) is 5.56 Å². The van der Waals surface area contributed by atoms with E-state index in [9.17, 15) is 4.79 Å². The first-order valence-corrected chi connectivity index (χ1v) is 7.65. The van der Waals surface area contributed by atoms with Gasteiger partial charge in [0, 0.05) is 12.2 Å². The second kappa shape index (κ2) is 8.62. The molecule has 0 aliphatic heterocycles. The van der Waals surface area contributed by atoms with Crippen LogP contribution in [0.5, 0.6) is 0 Å². The van der Waals surface area contributed by atoms with Gasteiger partial charge in [0.2, 0.25) is 0 Å². The number of carboxylic acid groups (broad SMARTS) is 1. The number of carbonyl (C=O) groups is 1. The molecule has 0 spiro atoms. The van der Waals surface area contributed by atoms with Crippen LogP contribution in [0.2, 0.25) is 0 Å². The number of aromatic carboxylic acids is 1. The molecule has 2 N–H and O–H groups in total. The number of nitrogens with one attached hydrogen (secondary N) is 1. The van der Waals surface area contributed by atoms with Gasteiger partial charge in [-0.15, -0.1) is 0 Å². The minimum atomic E-state index is -0.854. The molecule has 0 unspecified atom stereocenters. The fraction of sp³-hybridized carbons (Fsp3) is 0.588. The monoisotopic (exact) mass is 277 g/mol. The molecule has 0 heterocycles. The zero-order valence-electron chi connectivity index (χ0n) is 13.0. The molecule has 0 bridgehead atoms. The van der Waals surface area contributed by atoms with Gasteiger partial charge < -0.3 is 10.4 Å². The van der Waals surface area contributed by atoms with Gasteiger partial charge >= 0.3 is 5.97 Å². The van der Waals surface area contributed by atoms with E-state index in [1.54, 1.807) is 6.07 Å². The molecule has 20 heavy (non-hydrogen) atoms. The van der Waals surface area contributed by atoms with E-state index in [0.717, 1.165) is 23.4 Å². The normalized spacial score (nSPS) is 10.6. The quantitative estimate of drug-likeness (QED) is 0.639. The summed E-state index contributed by atoms with van der Waals surface area (Å²) < 4.78 is 0. The van der Waals surface area contributed by atoms with Crippen molar-refractivity contribution in [2.45, 2.75) is 59.3 Å². The van der Waals surface area contributed by atoms with Gasteiger partial charge in [-0.1, -0.05) is 39.0 Å². The first-order chi connectivity index (χ1) is 9.57. The maximum Gasteiger partial charge on any atom is 0.335 e. The average molecular weight is 277 g/mol. The standard InChI is InChI=1S/C17H27NO2/c1-4-5-6-7-8-9-12-18-16-11-10-15(17(19)20)13(2)14(16)3/h10-11,18H,4-9,12H2,1-3H3,(H,19,20). The Labute approximate surface area is 122 Å². The summed E-state index contributed by atoms with van der Waals surface area (Å²) in [5.41, 5.74) is 3.34. The minimum Gasteiger partial charge on any atom is -0.478 e. The summed E-state index contributed by atoms with van der Waals surface area (Å²) in [5, 5.41) is 12.5. The van der Waals surface area contributed by atoms with Crippen LogP contribution in [0.3, 0.4) is 0 Å². The molecule has 0 saturated carbocycles. The molecule has 3 nitrogen and oxygen atoms in total. The topological polar surface area (TPSA) is 49.3 Å². The number of anilines is 1. The third-order valence-corrected chi connectivity index (χ3v) is 3.86. The van der Waals surface area contributed by atoms with Crippen LogP contribution in [0.15, 0.2) is 12.1 Å².